The zero-order valence-corrected chi connectivity index (χ0v) is 18.3. The van der Waals surface area contributed by atoms with Crippen molar-refractivity contribution in [3.05, 3.63) is 15.0 Å². The van der Waals surface area contributed by atoms with Crippen LogP contribution in [0, 0.1) is 26.4 Å². The summed E-state index contributed by atoms with van der Waals surface area (Å²) < 4.78 is 0. The van der Waals surface area contributed by atoms with Crippen molar-refractivity contribution in [3.8, 4) is 6.07 Å². The van der Waals surface area contributed by atoms with E-state index in [0.29, 0.717) is 0 Å². The molecule has 0 saturated carbocycles. The van der Waals surface area contributed by atoms with Gasteiger partial charge in [-0.15, -0.1) is 15.0 Å². The fourth-order valence-corrected chi connectivity index (χ4v) is 1.28. The Bertz CT molecular complexity index is 213. The van der Waals surface area contributed by atoms with Crippen LogP contribution in [0.4, 0.5) is 0 Å². The van der Waals surface area contributed by atoms with E-state index < -0.39 is 5.09 Å². The fourth-order valence-electron chi connectivity index (χ4n) is 0.428. The summed E-state index contributed by atoms with van der Waals surface area (Å²) in [5.74, 6) is 5.15. The van der Waals surface area contributed by atoms with Crippen molar-refractivity contribution in [2.45, 2.75) is 34.6 Å². The van der Waals surface area contributed by atoms with Gasteiger partial charge in [0.1, 0.15) is 16.8 Å². The normalized spacial score (nSPS) is 5.96. The SMILES string of the molecule is CC#N.CCSCC.CC[SH+]CC.O=NO[O-].O=[N+]([O-])O.[Ag].[Ag]. The Morgan fingerprint density at radius 1 is 1.26 bits per heavy atom. The Labute approximate surface area is 177 Å². The number of rotatable bonds is 5. The molecule has 0 bridgehead atoms. The van der Waals surface area contributed by atoms with Gasteiger partial charge in [0.2, 0.25) is 0 Å². The maximum absolute atomic E-state index is 8.39. The number of thiol groups is 1. The second-order valence-corrected chi connectivity index (χ2v) is 5.52. The zero-order valence-electron chi connectivity index (χ0n) is 13.6. The molecule has 0 aromatic heterocycles. The molecule has 0 aliphatic heterocycles. The van der Waals surface area contributed by atoms with Gasteiger partial charge in [0.25, 0.3) is 5.09 Å². The minimum Gasteiger partial charge on any atom is -0.635 e. The quantitative estimate of drug-likeness (QED) is 0.101. The molecule has 0 unspecified atom stereocenters. The van der Waals surface area contributed by atoms with Crippen molar-refractivity contribution in [2.24, 2.45) is 5.34 Å². The van der Waals surface area contributed by atoms with Crippen LogP contribution < -0.4 is 5.26 Å². The van der Waals surface area contributed by atoms with Crippen molar-refractivity contribution in [1.82, 2.24) is 0 Å². The molecule has 2 radical (unpaired) electrons. The summed E-state index contributed by atoms with van der Waals surface area (Å²) in [7, 11) is 0. The molecule has 9 nitrogen and oxygen atoms in total. The number of nitriles is 1. The largest absolute Gasteiger partial charge is 0.635 e. The van der Waals surface area contributed by atoms with E-state index in [9.17, 15) is 0 Å². The minimum atomic E-state index is -1.50. The summed E-state index contributed by atoms with van der Waals surface area (Å²) in [6.45, 7) is 10.2. The molecular formula is C10H25Ag2N3O6S2. The van der Waals surface area contributed by atoms with Crippen LogP contribution in [0.15, 0.2) is 5.34 Å². The van der Waals surface area contributed by atoms with Gasteiger partial charge in [-0.25, -0.2) is 0 Å². The van der Waals surface area contributed by atoms with Gasteiger partial charge in [0.05, 0.1) is 6.07 Å². The van der Waals surface area contributed by atoms with Gasteiger partial charge < -0.3 is 15.5 Å². The first-order valence-corrected chi connectivity index (χ1v) is 8.28. The molecule has 13 heteroatoms. The van der Waals surface area contributed by atoms with Gasteiger partial charge >= 0.3 is 0 Å². The molecule has 150 valence electrons. The molecule has 0 aromatic rings. The average molecular weight is 563 g/mol. The maximum atomic E-state index is 8.39. The predicted molar refractivity (Wildman–Crippen MR) is 85.5 cm³/mol. The number of hydrogen-bond donors (Lipinski definition) is 1. The number of hydrogen-bond acceptors (Lipinski definition) is 8. The topological polar surface area (TPSA) is 149 Å². The molecule has 23 heavy (non-hydrogen) atoms. The predicted octanol–water partition coefficient (Wildman–Crippen LogP) is 1.74. The minimum absolute atomic E-state index is 0. The van der Waals surface area contributed by atoms with Crippen LogP contribution >= 0.6 is 11.8 Å². The molecule has 0 spiro atoms. The first kappa shape index (κ1) is 43.6. The third-order valence-electron chi connectivity index (χ3n) is 0.886. The number of nitrogens with zero attached hydrogens (tertiary/aromatic N) is 3. The molecule has 0 heterocycles. The first-order valence-electron chi connectivity index (χ1n) is 5.86. The van der Waals surface area contributed by atoms with Crippen molar-refractivity contribution in [3.63, 3.8) is 0 Å². The van der Waals surface area contributed by atoms with E-state index in [1.807, 2.05) is 11.8 Å². The molecule has 0 rings (SSSR count). The van der Waals surface area contributed by atoms with Crippen molar-refractivity contribution in [2.75, 3.05) is 23.0 Å². The van der Waals surface area contributed by atoms with Crippen molar-refractivity contribution < 1.29 is 65.3 Å². The first-order chi connectivity index (χ1) is 9.89. The van der Waals surface area contributed by atoms with Gasteiger partial charge in [0.15, 0.2) is 0 Å². The zero-order chi connectivity index (χ0) is 17.9. The monoisotopic (exact) mass is 561 g/mol. The smallest absolute Gasteiger partial charge is 0.291 e. The molecule has 0 saturated heterocycles. The van der Waals surface area contributed by atoms with Crippen LogP contribution in [-0.2, 0) is 61.5 Å². The second-order valence-electron chi connectivity index (χ2n) is 2.25. The Kier molecular flexibility index (Phi) is 127. The molecule has 0 aliphatic rings. The Morgan fingerprint density at radius 3 is 1.48 bits per heavy atom. The summed E-state index contributed by atoms with van der Waals surface area (Å²) in [5, 5.41) is 30.7. The number of thioether (sulfide) groups is 1. The van der Waals surface area contributed by atoms with Crippen LogP contribution in [0.1, 0.15) is 34.6 Å². The van der Waals surface area contributed by atoms with Crippen LogP contribution in [0.2, 0.25) is 0 Å². The van der Waals surface area contributed by atoms with Crippen LogP contribution in [-0.4, -0.2) is 33.3 Å². The standard InChI is InChI=1S/2C4H10S.C2H3N.2Ag.2HNO3/c2*1-3-5-4-2;1-2-3;;;2-1-4-3;2-1(3)4/h2*3-4H2,1-2H3;1H3;;;3H;(H,2,3,4). The molecule has 0 atom stereocenters. The van der Waals surface area contributed by atoms with E-state index in [2.05, 4.69) is 32.7 Å². The molecule has 0 fully saturated rings. The van der Waals surface area contributed by atoms with E-state index in [4.69, 9.17) is 30.7 Å². The summed E-state index contributed by atoms with van der Waals surface area (Å²) >= 11 is 3.54. The Hall–Kier alpha value is 0.231. The van der Waals surface area contributed by atoms with E-state index in [-0.39, 0.29) is 44.8 Å². The third-order valence-corrected chi connectivity index (χ3v) is 2.60. The second kappa shape index (κ2) is 67.0. The van der Waals surface area contributed by atoms with Crippen LogP contribution in [0.25, 0.3) is 0 Å². The van der Waals surface area contributed by atoms with E-state index >= 15 is 0 Å². The Morgan fingerprint density at radius 2 is 1.48 bits per heavy atom. The summed E-state index contributed by atoms with van der Waals surface area (Å²) in [4.78, 5) is 19.1. The molecule has 0 aliphatic carbocycles. The van der Waals surface area contributed by atoms with Gasteiger partial charge in [0, 0.05) is 51.7 Å². The van der Waals surface area contributed by atoms with E-state index in [1.165, 1.54) is 35.3 Å². The molecule has 1 N–H and O–H groups in total. The fraction of sp³-hybridized carbons (Fsp3) is 0.900. The van der Waals surface area contributed by atoms with Gasteiger partial charge in [-0.2, -0.15) is 17.0 Å². The van der Waals surface area contributed by atoms with Crippen molar-refractivity contribution in [1.29, 1.82) is 5.26 Å². The van der Waals surface area contributed by atoms with E-state index in [0.717, 1.165) is 0 Å². The average Bonchev–Trinajstić information content (AvgIpc) is 2.42. The van der Waals surface area contributed by atoms with Gasteiger partial charge in [-0.05, 0) is 37.1 Å². The molecule has 0 aromatic carbocycles. The van der Waals surface area contributed by atoms with Gasteiger partial charge in [-0.3, -0.25) is 0 Å². The summed E-state index contributed by atoms with van der Waals surface area (Å²) in [6.07, 6.45) is 0. The van der Waals surface area contributed by atoms with Crippen molar-refractivity contribution >= 4 is 23.5 Å². The summed E-state index contributed by atoms with van der Waals surface area (Å²) in [5.41, 5.74) is 0. The van der Waals surface area contributed by atoms with Crippen LogP contribution in [0.3, 0.4) is 0 Å². The molecule has 0 amide bonds. The third kappa shape index (κ3) is 333. The molecular weight excluding hydrogens is 538 g/mol. The maximum Gasteiger partial charge on any atom is 0.291 e. The van der Waals surface area contributed by atoms with Gasteiger partial charge in [-0.1, -0.05) is 13.8 Å². The summed E-state index contributed by atoms with van der Waals surface area (Å²) in [6, 6.07) is 1.75. The Balaban J connectivity index is -0.0000000275. The van der Waals surface area contributed by atoms with E-state index in [1.54, 1.807) is 17.8 Å². The van der Waals surface area contributed by atoms with Crippen LogP contribution in [0.5, 0.6) is 0 Å².